The predicted molar refractivity (Wildman–Crippen MR) is 147 cm³/mol. The van der Waals surface area contributed by atoms with Crippen LogP contribution in [0.5, 0.6) is 5.19 Å². The summed E-state index contributed by atoms with van der Waals surface area (Å²) in [4.78, 5) is 21.9. The Morgan fingerprint density at radius 1 is 1.05 bits per heavy atom. The Morgan fingerprint density at radius 3 is 2.41 bits per heavy atom. The Labute approximate surface area is 221 Å². The van der Waals surface area contributed by atoms with Crippen molar-refractivity contribution < 1.29 is 13.2 Å². The number of benzene rings is 1. The van der Waals surface area contributed by atoms with Gasteiger partial charge in [-0.3, -0.25) is 0 Å². The van der Waals surface area contributed by atoms with Gasteiger partial charge in [0.2, 0.25) is 5.95 Å². The molecule has 4 aromatic rings. The topological polar surface area (TPSA) is 98.2 Å². The second-order valence-corrected chi connectivity index (χ2v) is 12.5. The van der Waals surface area contributed by atoms with Crippen LogP contribution in [-0.2, 0) is 16.3 Å². The van der Waals surface area contributed by atoms with E-state index in [4.69, 9.17) is 9.72 Å². The number of piperidine rings is 1. The molecule has 0 saturated carbocycles. The Bertz CT molecular complexity index is 1460. The van der Waals surface area contributed by atoms with Gasteiger partial charge in [0.1, 0.15) is 16.5 Å². The molecule has 5 rings (SSSR count). The molecule has 1 atom stereocenters. The van der Waals surface area contributed by atoms with Crippen LogP contribution in [0, 0.1) is 5.92 Å². The van der Waals surface area contributed by atoms with Crippen molar-refractivity contribution in [2.45, 2.75) is 50.5 Å². The lowest BCUT2D eigenvalue weighted by molar-refractivity contribution is 0.132. The molecule has 0 N–H and O–H groups in total. The lowest BCUT2D eigenvalue weighted by atomic mass is 9.92. The highest BCUT2D eigenvalue weighted by atomic mass is 32.2. The average molecular weight is 538 g/mol. The van der Waals surface area contributed by atoms with Crippen molar-refractivity contribution in [3.63, 3.8) is 0 Å². The average Bonchev–Trinajstić information content (AvgIpc) is 3.30. The molecule has 3 aromatic heterocycles. The number of aromatic nitrogens is 4. The molecule has 1 fully saturated rings. The van der Waals surface area contributed by atoms with E-state index in [2.05, 4.69) is 33.7 Å². The number of nitrogens with zero attached hydrogens (tertiary/aromatic N) is 5. The third-order valence-electron chi connectivity index (χ3n) is 6.82. The van der Waals surface area contributed by atoms with Crippen LogP contribution in [0.4, 0.5) is 5.95 Å². The van der Waals surface area contributed by atoms with Gasteiger partial charge in [-0.15, -0.1) is 0 Å². The van der Waals surface area contributed by atoms with Crippen LogP contribution >= 0.6 is 11.3 Å². The van der Waals surface area contributed by atoms with E-state index in [0.717, 1.165) is 66.3 Å². The first-order valence-corrected chi connectivity index (χ1v) is 15.3. The minimum Gasteiger partial charge on any atom is -0.467 e. The summed E-state index contributed by atoms with van der Waals surface area (Å²) in [6.07, 6.45) is 9.27. The molecule has 0 amide bonds. The zero-order chi connectivity index (χ0) is 26.0. The van der Waals surface area contributed by atoms with Gasteiger partial charge in [-0.25, -0.2) is 28.4 Å². The molecule has 0 spiro atoms. The van der Waals surface area contributed by atoms with Gasteiger partial charge in [0.25, 0.3) is 5.19 Å². The smallest absolute Gasteiger partial charge is 0.276 e. The molecule has 1 saturated heterocycles. The van der Waals surface area contributed by atoms with Gasteiger partial charge in [-0.1, -0.05) is 36.8 Å². The minimum atomic E-state index is -3.23. The first-order chi connectivity index (χ1) is 17.8. The molecule has 0 aliphatic carbocycles. The quantitative estimate of drug-likeness (QED) is 0.303. The number of anilines is 1. The number of rotatable bonds is 8. The number of ether oxygens (including phenoxy) is 1. The van der Waals surface area contributed by atoms with E-state index in [0.29, 0.717) is 16.0 Å². The van der Waals surface area contributed by atoms with Gasteiger partial charge < -0.3 is 9.64 Å². The third-order valence-corrected chi connectivity index (χ3v) is 8.80. The second-order valence-electron chi connectivity index (χ2n) is 9.59. The molecular weight excluding hydrogens is 506 g/mol. The standard InChI is InChI=1S/C27H31N5O3S2/c1-4-5-19-16-28-26(29-17-19)32-14-12-20(13-15-32)18(2)35-27-31-24-11-10-23(30-25(24)36-27)21-6-8-22(9-7-21)37(3,33)34/h6-11,16-18,20H,4-5,12-15H2,1-3H3. The van der Waals surface area contributed by atoms with E-state index in [1.54, 1.807) is 24.3 Å². The Balaban J connectivity index is 1.21. The number of pyridine rings is 1. The summed E-state index contributed by atoms with van der Waals surface area (Å²) < 4.78 is 29.7. The third kappa shape index (κ3) is 5.91. The lowest BCUT2D eigenvalue weighted by Gasteiger charge is -2.34. The highest BCUT2D eigenvalue weighted by Gasteiger charge is 2.27. The van der Waals surface area contributed by atoms with Crippen molar-refractivity contribution in [2.24, 2.45) is 5.92 Å². The van der Waals surface area contributed by atoms with E-state index in [1.807, 2.05) is 24.5 Å². The van der Waals surface area contributed by atoms with Gasteiger partial charge in [-0.05, 0) is 61.9 Å². The van der Waals surface area contributed by atoms with Crippen molar-refractivity contribution in [2.75, 3.05) is 24.2 Å². The van der Waals surface area contributed by atoms with E-state index in [-0.39, 0.29) is 6.10 Å². The normalized spacial score (nSPS) is 15.7. The molecular formula is C27H31N5O3S2. The van der Waals surface area contributed by atoms with Gasteiger partial charge in [0.15, 0.2) is 9.84 Å². The molecule has 37 heavy (non-hydrogen) atoms. The number of hydrogen-bond acceptors (Lipinski definition) is 9. The Kier molecular flexibility index (Phi) is 7.39. The molecule has 1 aliphatic heterocycles. The van der Waals surface area contributed by atoms with Gasteiger partial charge >= 0.3 is 0 Å². The summed E-state index contributed by atoms with van der Waals surface area (Å²) in [6.45, 7) is 6.10. The van der Waals surface area contributed by atoms with Crippen LogP contribution in [0.25, 0.3) is 21.6 Å². The van der Waals surface area contributed by atoms with Crippen LogP contribution in [0.3, 0.4) is 0 Å². The van der Waals surface area contributed by atoms with Crippen LogP contribution in [-0.4, -0.2) is 53.8 Å². The summed E-state index contributed by atoms with van der Waals surface area (Å²) in [5.74, 6) is 1.24. The molecule has 10 heteroatoms. The Morgan fingerprint density at radius 2 is 1.76 bits per heavy atom. The maximum Gasteiger partial charge on any atom is 0.276 e. The first kappa shape index (κ1) is 25.5. The SMILES string of the molecule is CCCc1cnc(N2CCC(C(C)Oc3nc4ccc(-c5ccc(S(C)(=O)=O)cc5)nc4s3)CC2)nc1. The van der Waals surface area contributed by atoms with Gasteiger partial charge in [-0.2, -0.15) is 0 Å². The van der Waals surface area contributed by atoms with E-state index in [1.165, 1.54) is 23.2 Å². The molecule has 4 heterocycles. The van der Waals surface area contributed by atoms with Crippen LogP contribution in [0.2, 0.25) is 0 Å². The van der Waals surface area contributed by atoms with Gasteiger partial charge in [0.05, 0.1) is 10.6 Å². The Hall–Kier alpha value is -3.11. The second kappa shape index (κ2) is 10.7. The summed E-state index contributed by atoms with van der Waals surface area (Å²) in [7, 11) is -3.23. The molecule has 8 nitrogen and oxygen atoms in total. The minimum absolute atomic E-state index is 0.0403. The highest BCUT2D eigenvalue weighted by Crippen LogP contribution is 2.32. The van der Waals surface area contributed by atoms with Crippen molar-refractivity contribution in [1.82, 2.24) is 19.9 Å². The zero-order valence-corrected chi connectivity index (χ0v) is 22.9. The summed E-state index contributed by atoms with van der Waals surface area (Å²) in [5, 5.41) is 0.622. The summed E-state index contributed by atoms with van der Waals surface area (Å²) >= 11 is 1.44. The van der Waals surface area contributed by atoms with E-state index in [9.17, 15) is 8.42 Å². The van der Waals surface area contributed by atoms with Gasteiger partial charge in [0, 0.05) is 37.3 Å². The lowest BCUT2D eigenvalue weighted by Crippen LogP contribution is -2.39. The van der Waals surface area contributed by atoms with Crippen molar-refractivity contribution in [3.8, 4) is 16.5 Å². The number of fused-ring (bicyclic) bond motifs is 1. The highest BCUT2D eigenvalue weighted by molar-refractivity contribution is 7.90. The van der Waals surface area contributed by atoms with Crippen molar-refractivity contribution in [1.29, 1.82) is 0 Å². The fourth-order valence-electron chi connectivity index (χ4n) is 4.63. The maximum atomic E-state index is 11.7. The van der Waals surface area contributed by atoms with Crippen LogP contribution < -0.4 is 9.64 Å². The molecule has 1 aliphatic rings. The van der Waals surface area contributed by atoms with Crippen LogP contribution in [0.1, 0.15) is 38.7 Å². The van der Waals surface area contributed by atoms with E-state index < -0.39 is 9.84 Å². The van der Waals surface area contributed by atoms with Crippen molar-refractivity contribution in [3.05, 3.63) is 54.4 Å². The molecule has 1 aromatic carbocycles. The van der Waals surface area contributed by atoms with Crippen molar-refractivity contribution >= 4 is 37.5 Å². The molecule has 0 radical (unpaired) electrons. The number of thiazole rings is 1. The summed E-state index contributed by atoms with van der Waals surface area (Å²) in [6, 6.07) is 10.6. The fourth-order valence-corrected chi connectivity index (χ4v) is 6.14. The first-order valence-electron chi connectivity index (χ1n) is 12.6. The molecule has 1 unspecified atom stereocenters. The number of sulfone groups is 1. The molecule has 194 valence electrons. The monoisotopic (exact) mass is 537 g/mol. The number of aryl methyl sites for hydroxylation is 1. The maximum absolute atomic E-state index is 11.7. The number of hydrogen-bond donors (Lipinski definition) is 0. The predicted octanol–water partition coefficient (Wildman–Crippen LogP) is 5.19. The molecule has 0 bridgehead atoms. The van der Waals surface area contributed by atoms with Crippen LogP contribution in [0.15, 0.2) is 53.7 Å². The fraction of sp³-hybridized carbons (Fsp3) is 0.407. The largest absolute Gasteiger partial charge is 0.467 e. The van der Waals surface area contributed by atoms with E-state index >= 15 is 0 Å². The summed E-state index contributed by atoms with van der Waals surface area (Å²) in [5.41, 5.74) is 3.61. The zero-order valence-electron chi connectivity index (χ0n) is 21.3.